The topological polar surface area (TPSA) is 115 Å². The SMILES string of the molecule is Cc1cc(NC(=O)C(=O)N2C[C@@H](C)CC[C@@H]2c2ccc3c(c2)nc2n3CCOC2)cnc1N. The third-order valence-corrected chi connectivity index (χ3v) is 6.58. The zero-order chi connectivity index (χ0) is 23.1. The van der Waals surface area contributed by atoms with Gasteiger partial charge in [-0.15, -0.1) is 0 Å². The summed E-state index contributed by atoms with van der Waals surface area (Å²) in [6, 6.07) is 7.70. The van der Waals surface area contributed by atoms with Gasteiger partial charge >= 0.3 is 11.8 Å². The van der Waals surface area contributed by atoms with Crippen LogP contribution in [0.25, 0.3) is 11.0 Å². The van der Waals surface area contributed by atoms with Crippen LogP contribution in [0.15, 0.2) is 30.5 Å². The van der Waals surface area contributed by atoms with Crippen molar-refractivity contribution in [3.63, 3.8) is 0 Å². The van der Waals surface area contributed by atoms with Crippen LogP contribution in [0.1, 0.15) is 42.8 Å². The second-order valence-corrected chi connectivity index (χ2v) is 9.02. The number of imidazole rings is 1. The van der Waals surface area contributed by atoms with Crippen LogP contribution >= 0.6 is 0 Å². The fourth-order valence-corrected chi connectivity index (χ4v) is 4.78. The molecule has 1 fully saturated rings. The lowest BCUT2D eigenvalue weighted by Crippen LogP contribution is -2.46. The number of nitrogen functional groups attached to an aromatic ring is 1. The van der Waals surface area contributed by atoms with Gasteiger partial charge in [0, 0.05) is 13.1 Å². The Labute approximate surface area is 191 Å². The second kappa shape index (κ2) is 8.47. The van der Waals surface area contributed by atoms with E-state index < -0.39 is 11.8 Å². The molecule has 2 atom stereocenters. The number of nitrogens with two attached hydrogens (primary N) is 1. The number of nitrogens with one attached hydrogen (secondary N) is 1. The molecule has 172 valence electrons. The van der Waals surface area contributed by atoms with Gasteiger partial charge in [-0.05, 0) is 55.0 Å². The maximum atomic E-state index is 13.2. The molecule has 2 amide bonds. The summed E-state index contributed by atoms with van der Waals surface area (Å²) in [5.74, 6) is 0.422. The number of likely N-dealkylation sites (tertiary alicyclic amines) is 1. The number of aryl methyl sites for hydroxylation is 1. The van der Waals surface area contributed by atoms with Gasteiger partial charge < -0.3 is 25.3 Å². The van der Waals surface area contributed by atoms with Crippen molar-refractivity contribution >= 4 is 34.4 Å². The Balaban J connectivity index is 1.41. The summed E-state index contributed by atoms with van der Waals surface area (Å²) in [5, 5.41) is 2.68. The number of carbonyl (C=O) groups excluding carboxylic acids is 2. The number of nitrogens with zero attached hydrogens (tertiary/aromatic N) is 4. The molecule has 9 nitrogen and oxygen atoms in total. The molecule has 9 heteroatoms. The van der Waals surface area contributed by atoms with Gasteiger partial charge in [0.1, 0.15) is 18.2 Å². The van der Waals surface area contributed by atoms with E-state index in [0.29, 0.717) is 37.2 Å². The number of benzene rings is 1. The quantitative estimate of drug-likeness (QED) is 0.583. The van der Waals surface area contributed by atoms with Gasteiger partial charge in [0.25, 0.3) is 0 Å². The molecule has 3 aromatic rings. The second-order valence-electron chi connectivity index (χ2n) is 9.02. The molecule has 0 radical (unpaired) electrons. The van der Waals surface area contributed by atoms with E-state index in [4.69, 9.17) is 15.5 Å². The largest absolute Gasteiger partial charge is 0.383 e. The van der Waals surface area contributed by atoms with E-state index in [1.165, 1.54) is 6.20 Å². The molecule has 2 aliphatic heterocycles. The molecule has 4 heterocycles. The fraction of sp³-hybridized carbons (Fsp3) is 0.417. The van der Waals surface area contributed by atoms with E-state index in [1.54, 1.807) is 17.9 Å². The zero-order valence-electron chi connectivity index (χ0n) is 18.9. The summed E-state index contributed by atoms with van der Waals surface area (Å²) in [6.07, 6.45) is 3.25. The van der Waals surface area contributed by atoms with E-state index >= 15 is 0 Å². The van der Waals surface area contributed by atoms with E-state index in [0.717, 1.165) is 47.4 Å². The molecule has 0 unspecified atom stereocenters. The van der Waals surface area contributed by atoms with Crippen molar-refractivity contribution in [2.24, 2.45) is 5.92 Å². The lowest BCUT2D eigenvalue weighted by Gasteiger charge is -2.38. The summed E-state index contributed by atoms with van der Waals surface area (Å²) < 4.78 is 7.71. The molecule has 0 saturated carbocycles. The highest BCUT2D eigenvalue weighted by atomic mass is 16.5. The Hall–Kier alpha value is -3.46. The van der Waals surface area contributed by atoms with Crippen LogP contribution in [0.3, 0.4) is 0 Å². The Morgan fingerprint density at radius 1 is 1.24 bits per heavy atom. The smallest absolute Gasteiger partial charge is 0.313 e. The number of hydrogen-bond acceptors (Lipinski definition) is 6. The van der Waals surface area contributed by atoms with Crippen LogP contribution in [0.4, 0.5) is 11.5 Å². The number of piperidine rings is 1. The minimum atomic E-state index is -0.671. The Bertz CT molecular complexity index is 1240. The monoisotopic (exact) mass is 448 g/mol. The Kier molecular flexibility index (Phi) is 5.49. The molecule has 2 aliphatic rings. The van der Waals surface area contributed by atoms with Gasteiger partial charge in [-0.3, -0.25) is 9.59 Å². The number of ether oxygens (including phenoxy) is 1. The molecule has 2 aromatic heterocycles. The predicted molar refractivity (Wildman–Crippen MR) is 124 cm³/mol. The standard InChI is InChI=1S/C24H28N6O3/c1-14-3-5-19(16-4-6-20-18(10-16)28-21-13-33-8-7-29(20)21)30(12-14)24(32)23(31)27-17-9-15(2)22(25)26-11-17/h4,6,9-11,14,19H,3,5,7-8,12-13H2,1-2H3,(H2,25,26)(H,27,31)/t14-,19+/m0/s1. The van der Waals surface area contributed by atoms with E-state index in [-0.39, 0.29) is 6.04 Å². The molecule has 3 N–H and O–H groups in total. The molecule has 5 rings (SSSR count). The molecule has 0 bridgehead atoms. The van der Waals surface area contributed by atoms with Crippen LogP contribution in [-0.4, -0.2) is 44.4 Å². The summed E-state index contributed by atoms with van der Waals surface area (Å²) in [4.78, 5) is 36.6. The minimum Gasteiger partial charge on any atom is -0.383 e. The van der Waals surface area contributed by atoms with Crippen LogP contribution in [0.2, 0.25) is 0 Å². The molecule has 1 saturated heterocycles. The number of hydrogen-bond donors (Lipinski definition) is 2. The van der Waals surface area contributed by atoms with Crippen molar-refractivity contribution in [3.05, 3.63) is 47.4 Å². The summed E-state index contributed by atoms with van der Waals surface area (Å²) in [7, 11) is 0. The van der Waals surface area contributed by atoms with Crippen LogP contribution in [0.5, 0.6) is 0 Å². The van der Waals surface area contributed by atoms with Crippen molar-refractivity contribution in [1.29, 1.82) is 0 Å². The number of anilines is 2. The molecule has 0 aliphatic carbocycles. The summed E-state index contributed by atoms with van der Waals surface area (Å²) >= 11 is 0. The van der Waals surface area contributed by atoms with E-state index in [2.05, 4.69) is 33.9 Å². The maximum absolute atomic E-state index is 13.2. The van der Waals surface area contributed by atoms with Crippen molar-refractivity contribution in [1.82, 2.24) is 19.4 Å². The highest BCUT2D eigenvalue weighted by Gasteiger charge is 2.34. The molecule has 33 heavy (non-hydrogen) atoms. The van der Waals surface area contributed by atoms with Crippen LogP contribution in [0, 0.1) is 12.8 Å². The van der Waals surface area contributed by atoms with Gasteiger partial charge in [0.2, 0.25) is 0 Å². The molecular formula is C24H28N6O3. The average Bonchev–Trinajstić information content (AvgIpc) is 3.18. The van der Waals surface area contributed by atoms with Crippen molar-refractivity contribution < 1.29 is 14.3 Å². The third kappa shape index (κ3) is 4.04. The van der Waals surface area contributed by atoms with Crippen molar-refractivity contribution in [2.75, 3.05) is 24.2 Å². The Morgan fingerprint density at radius 3 is 2.91 bits per heavy atom. The first-order chi connectivity index (χ1) is 15.9. The number of rotatable bonds is 2. The lowest BCUT2D eigenvalue weighted by atomic mass is 9.89. The van der Waals surface area contributed by atoms with Gasteiger partial charge in [0.05, 0.1) is 35.6 Å². The van der Waals surface area contributed by atoms with Gasteiger partial charge in [-0.1, -0.05) is 13.0 Å². The van der Waals surface area contributed by atoms with E-state index in [9.17, 15) is 9.59 Å². The first-order valence-corrected chi connectivity index (χ1v) is 11.3. The maximum Gasteiger partial charge on any atom is 0.313 e. The first-order valence-electron chi connectivity index (χ1n) is 11.3. The van der Waals surface area contributed by atoms with Gasteiger partial charge in [0.15, 0.2) is 0 Å². The lowest BCUT2D eigenvalue weighted by molar-refractivity contribution is -0.146. The Morgan fingerprint density at radius 2 is 2.09 bits per heavy atom. The predicted octanol–water partition coefficient (Wildman–Crippen LogP) is 2.79. The fourth-order valence-electron chi connectivity index (χ4n) is 4.78. The number of aromatic nitrogens is 3. The molecular weight excluding hydrogens is 420 g/mol. The number of fused-ring (bicyclic) bond motifs is 3. The van der Waals surface area contributed by atoms with Crippen molar-refractivity contribution in [2.45, 2.75) is 45.9 Å². The number of amides is 2. The van der Waals surface area contributed by atoms with Crippen LogP contribution < -0.4 is 11.1 Å². The summed E-state index contributed by atoms with van der Waals surface area (Å²) in [6.45, 7) is 6.42. The first kappa shape index (κ1) is 21.4. The summed E-state index contributed by atoms with van der Waals surface area (Å²) in [5.41, 5.74) is 9.91. The minimum absolute atomic E-state index is 0.176. The zero-order valence-corrected chi connectivity index (χ0v) is 18.9. The van der Waals surface area contributed by atoms with Crippen LogP contribution in [-0.2, 0) is 27.5 Å². The highest BCUT2D eigenvalue weighted by molar-refractivity contribution is 6.39. The van der Waals surface area contributed by atoms with Crippen molar-refractivity contribution in [3.8, 4) is 0 Å². The highest BCUT2D eigenvalue weighted by Crippen LogP contribution is 2.35. The number of pyridine rings is 1. The normalized spacial score (nSPS) is 20.5. The molecule has 1 aromatic carbocycles. The third-order valence-electron chi connectivity index (χ3n) is 6.58. The van der Waals surface area contributed by atoms with Gasteiger partial charge in [-0.2, -0.15) is 0 Å². The average molecular weight is 449 g/mol. The van der Waals surface area contributed by atoms with E-state index in [1.807, 2.05) is 6.07 Å². The van der Waals surface area contributed by atoms with Gasteiger partial charge in [-0.25, -0.2) is 9.97 Å². The molecule has 0 spiro atoms. The number of carbonyl (C=O) groups is 2.